The maximum atomic E-state index is 12.3. The fraction of sp³-hybridized carbons (Fsp3) is 0.588. The first-order valence-corrected chi connectivity index (χ1v) is 9.29. The highest BCUT2D eigenvalue weighted by atomic mass is 16.5. The van der Waals surface area contributed by atoms with Gasteiger partial charge in [0.05, 0.1) is 18.7 Å². The molecule has 4 amide bonds. The molecule has 0 aromatic carbocycles. The van der Waals surface area contributed by atoms with Crippen LogP contribution in [-0.4, -0.2) is 105 Å². The molecule has 0 aromatic rings. The molecule has 0 saturated carbocycles. The van der Waals surface area contributed by atoms with Crippen molar-refractivity contribution in [1.29, 1.82) is 0 Å². The number of aliphatic hydroxyl groups is 3. The first-order valence-electron chi connectivity index (χ1n) is 9.29. The van der Waals surface area contributed by atoms with Gasteiger partial charge in [0, 0.05) is 6.92 Å². The Hall–Kier alpha value is -3.43. The summed E-state index contributed by atoms with van der Waals surface area (Å²) >= 11 is 0. The van der Waals surface area contributed by atoms with E-state index in [1.54, 1.807) is 0 Å². The van der Waals surface area contributed by atoms with Crippen LogP contribution in [0.3, 0.4) is 0 Å². The summed E-state index contributed by atoms with van der Waals surface area (Å²) in [5, 5.41) is 55.9. The van der Waals surface area contributed by atoms with Crippen molar-refractivity contribution in [1.82, 2.24) is 21.3 Å². The summed E-state index contributed by atoms with van der Waals surface area (Å²) in [6.45, 7) is 0.791. The lowest BCUT2D eigenvalue weighted by atomic mass is 9.92. The number of urea groups is 1. The average Bonchev–Trinajstić information content (AvgIpc) is 2.71. The van der Waals surface area contributed by atoms with Crippen LogP contribution in [0.15, 0.2) is 11.8 Å². The van der Waals surface area contributed by atoms with Crippen LogP contribution in [0, 0.1) is 0 Å². The Morgan fingerprint density at radius 1 is 1.12 bits per heavy atom. The Labute approximate surface area is 181 Å². The first kappa shape index (κ1) is 26.6. The highest BCUT2D eigenvalue weighted by Crippen LogP contribution is 2.23. The van der Waals surface area contributed by atoms with E-state index in [9.17, 15) is 39.3 Å². The predicted molar refractivity (Wildman–Crippen MR) is 103 cm³/mol. The van der Waals surface area contributed by atoms with E-state index in [1.807, 2.05) is 0 Å². The number of aliphatic carboxylic acids is 2. The SMILES string of the molecule is CC(=O)N[C@H]1[C@H]([C@H](O)[C@H](O)CO)OC(C(=O)O)=C[C@@H]1NC(=O)N[C@@H](C)C(=O)NCC(=O)O. The molecule has 0 aliphatic carbocycles. The molecule has 9 N–H and O–H groups in total. The second-order valence-corrected chi connectivity index (χ2v) is 6.86. The van der Waals surface area contributed by atoms with Crippen LogP contribution in [0.4, 0.5) is 4.79 Å². The van der Waals surface area contributed by atoms with Gasteiger partial charge in [0.15, 0.2) is 0 Å². The van der Waals surface area contributed by atoms with Gasteiger partial charge in [-0.25, -0.2) is 9.59 Å². The van der Waals surface area contributed by atoms with E-state index in [0.717, 1.165) is 13.0 Å². The van der Waals surface area contributed by atoms with Crippen LogP contribution in [0.25, 0.3) is 0 Å². The van der Waals surface area contributed by atoms with Crippen LogP contribution in [0.5, 0.6) is 0 Å². The standard InChI is InChI=1S/C17H26N4O11/c1-6(15(28)18-4-11(25)26)19-17(31)21-8-3-10(16(29)30)32-14(12(8)20-7(2)23)13(27)9(24)5-22/h3,6,8-9,12-14,22,24,27H,4-5H2,1-2H3,(H,18,28)(H,20,23)(H,25,26)(H,29,30)(H2,19,21,31)/t6-,8-,9+,12+,13+,14+/m0/s1. The summed E-state index contributed by atoms with van der Waals surface area (Å²) in [6, 6.07) is -4.76. The Morgan fingerprint density at radius 3 is 2.25 bits per heavy atom. The van der Waals surface area contributed by atoms with E-state index in [4.69, 9.17) is 14.9 Å². The van der Waals surface area contributed by atoms with E-state index in [1.165, 1.54) is 6.92 Å². The van der Waals surface area contributed by atoms with Gasteiger partial charge in [0.2, 0.25) is 17.6 Å². The number of carbonyl (C=O) groups is 5. The molecule has 0 radical (unpaired) electrons. The van der Waals surface area contributed by atoms with Gasteiger partial charge in [-0.3, -0.25) is 14.4 Å². The fourth-order valence-electron chi connectivity index (χ4n) is 2.77. The van der Waals surface area contributed by atoms with Crippen LogP contribution < -0.4 is 21.3 Å². The highest BCUT2D eigenvalue weighted by molar-refractivity contribution is 5.89. The van der Waals surface area contributed by atoms with Gasteiger partial charge in [-0.05, 0) is 13.0 Å². The minimum atomic E-state index is -1.85. The molecule has 1 rings (SSSR count). The Morgan fingerprint density at radius 2 is 1.75 bits per heavy atom. The average molecular weight is 462 g/mol. The van der Waals surface area contributed by atoms with Gasteiger partial charge in [0.1, 0.15) is 30.9 Å². The number of carbonyl (C=O) groups excluding carboxylic acids is 3. The van der Waals surface area contributed by atoms with Crippen molar-refractivity contribution in [2.75, 3.05) is 13.2 Å². The molecule has 1 heterocycles. The smallest absolute Gasteiger partial charge is 0.370 e. The zero-order valence-electron chi connectivity index (χ0n) is 17.1. The molecule has 15 heteroatoms. The molecule has 1 aliphatic heterocycles. The van der Waals surface area contributed by atoms with Gasteiger partial charge in [-0.15, -0.1) is 0 Å². The molecular weight excluding hydrogens is 436 g/mol. The number of carboxylic acid groups (broad SMARTS) is 2. The molecule has 15 nitrogen and oxygen atoms in total. The van der Waals surface area contributed by atoms with Gasteiger partial charge in [-0.1, -0.05) is 0 Å². The summed E-state index contributed by atoms with van der Waals surface area (Å²) < 4.78 is 5.17. The summed E-state index contributed by atoms with van der Waals surface area (Å²) in [4.78, 5) is 57.7. The van der Waals surface area contributed by atoms with Gasteiger partial charge < -0.3 is 51.5 Å². The summed E-state index contributed by atoms with van der Waals surface area (Å²) in [6.07, 6.45) is -4.25. The fourth-order valence-corrected chi connectivity index (χ4v) is 2.77. The normalized spacial score (nSPS) is 22.8. The molecule has 0 spiro atoms. The van der Waals surface area contributed by atoms with Crippen molar-refractivity contribution >= 4 is 29.8 Å². The molecule has 6 atom stereocenters. The van der Waals surface area contributed by atoms with E-state index in [0.29, 0.717) is 0 Å². The molecule has 0 fully saturated rings. The predicted octanol–water partition coefficient (Wildman–Crippen LogP) is -4.17. The van der Waals surface area contributed by atoms with Crippen LogP contribution in [0.2, 0.25) is 0 Å². The maximum Gasteiger partial charge on any atom is 0.370 e. The molecular formula is C17H26N4O11. The molecule has 0 saturated heterocycles. The first-order chi connectivity index (χ1) is 14.9. The number of hydrogen-bond acceptors (Lipinski definition) is 9. The zero-order valence-corrected chi connectivity index (χ0v) is 17.1. The van der Waals surface area contributed by atoms with Gasteiger partial charge >= 0.3 is 18.0 Å². The lowest BCUT2D eigenvalue weighted by Gasteiger charge is -2.40. The Bertz CT molecular complexity index is 772. The van der Waals surface area contributed by atoms with Crippen LogP contribution >= 0.6 is 0 Å². The minimum absolute atomic E-state index is 0.643. The second kappa shape index (κ2) is 11.8. The van der Waals surface area contributed by atoms with Gasteiger partial charge in [0.25, 0.3) is 0 Å². The Balaban J connectivity index is 3.07. The molecule has 0 aromatic heterocycles. The Kier molecular flexibility index (Phi) is 9.83. The monoisotopic (exact) mass is 462 g/mol. The lowest BCUT2D eigenvalue weighted by molar-refractivity contribution is -0.146. The third-order valence-electron chi connectivity index (χ3n) is 4.29. The van der Waals surface area contributed by atoms with E-state index in [2.05, 4.69) is 21.3 Å². The number of amides is 4. The third-order valence-corrected chi connectivity index (χ3v) is 4.29. The zero-order chi connectivity index (χ0) is 24.6. The maximum absolute atomic E-state index is 12.3. The number of carboxylic acids is 2. The molecule has 180 valence electrons. The van der Waals surface area contributed by atoms with Crippen molar-refractivity contribution in [2.24, 2.45) is 0 Å². The number of aliphatic hydroxyl groups excluding tert-OH is 3. The topological polar surface area (TPSA) is 244 Å². The number of nitrogens with one attached hydrogen (secondary N) is 4. The van der Waals surface area contributed by atoms with Crippen LogP contribution in [-0.2, 0) is 23.9 Å². The van der Waals surface area contributed by atoms with Gasteiger partial charge in [-0.2, -0.15) is 0 Å². The van der Waals surface area contributed by atoms with Crippen molar-refractivity contribution < 1.29 is 54.2 Å². The van der Waals surface area contributed by atoms with Crippen molar-refractivity contribution in [3.63, 3.8) is 0 Å². The second-order valence-electron chi connectivity index (χ2n) is 6.86. The van der Waals surface area contributed by atoms with Crippen molar-refractivity contribution in [2.45, 2.75) is 50.3 Å². The molecule has 32 heavy (non-hydrogen) atoms. The van der Waals surface area contributed by atoms with E-state index in [-0.39, 0.29) is 0 Å². The van der Waals surface area contributed by atoms with Crippen molar-refractivity contribution in [3.8, 4) is 0 Å². The highest BCUT2D eigenvalue weighted by Gasteiger charge is 2.44. The molecule has 0 unspecified atom stereocenters. The van der Waals surface area contributed by atoms with E-state index >= 15 is 0 Å². The van der Waals surface area contributed by atoms with Crippen LogP contribution in [0.1, 0.15) is 13.8 Å². The largest absolute Gasteiger partial charge is 0.480 e. The van der Waals surface area contributed by atoms with Crippen molar-refractivity contribution in [3.05, 3.63) is 11.8 Å². The van der Waals surface area contributed by atoms with E-state index < -0.39 is 85.1 Å². The lowest BCUT2D eigenvalue weighted by Crippen LogP contribution is -2.64. The number of hydrogen-bond donors (Lipinski definition) is 9. The summed E-state index contributed by atoms with van der Waals surface area (Å²) in [5.41, 5.74) is 0. The summed E-state index contributed by atoms with van der Waals surface area (Å²) in [5.74, 6) is -5.03. The quantitative estimate of drug-likeness (QED) is 0.151. The summed E-state index contributed by atoms with van der Waals surface area (Å²) in [7, 11) is 0. The molecule has 1 aliphatic rings. The third kappa shape index (κ3) is 7.68. The number of rotatable bonds is 10. The number of ether oxygens (including phenoxy) is 1. The minimum Gasteiger partial charge on any atom is -0.480 e. The molecule has 0 bridgehead atoms.